The lowest BCUT2D eigenvalue weighted by Crippen LogP contribution is -2.29. The molecule has 0 aromatic heterocycles. The average Bonchev–Trinajstić information content (AvgIpc) is 2.37. The Morgan fingerprint density at radius 1 is 1.58 bits per heavy atom. The molecular formula is C13H16BrNO4. The summed E-state index contributed by atoms with van der Waals surface area (Å²) in [7, 11) is 0. The molecule has 1 atom stereocenters. The maximum absolute atomic E-state index is 12.1. The first kappa shape index (κ1) is 14.3. The molecule has 2 rings (SSSR count). The number of rotatable bonds is 3. The van der Waals surface area contributed by atoms with Crippen molar-refractivity contribution in [2.75, 3.05) is 6.61 Å². The topological polar surface area (TPSA) is 67.8 Å². The fourth-order valence-corrected chi connectivity index (χ4v) is 2.35. The van der Waals surface area contributed by atoms with Crippen LogP contribution in [0.25, 0.3) is 0 Å². The highest BCUT2D eigenvalue weighted by molar-refractivity contribution is 9.10. The van der Waals surface area contributed by atoms with Gasteiger partial charge in [0, 0.05) is 12.0 Å². The van der Waals surface area contributed by atoms with Crippen LogP contribution in [-0.4, -0.2) is 23.7 Å². The van der Waals surface area contributed by atoms with Crippen LogP contribution >= 0.6 is 15.9 Å². The van der Waals surface area contributed by atoms with Gasteiger partial charge < -0.3 is 9.84 Å². The molecule has 0 saturated carbocycles. The van der Waals surface area contributed by atoms with Crippen molar-refractivity contribution in [2.24, 2.45) is 0 Å². The van der Waals surface area contributed by atoms with Crippen LogP contribution in [0.15, 0.2) is 16.6 Å². The summed E-state index contributed by atoms with van der Waals surface area (Å²) in [6, 6.07) is 3.36. The Labute approximate surface area is 120 Å². The van der Waals surface area contributed by atoms with Gasteiger partial charge in [0.2, 0.25) is 0 Å². The molecule has 0 aliphatic carbocycles. The average molecular weight is 330 g/mol. The molecule has 0 radical (unpaired) electrons. The molecule has 0 bridgehead atoms. The van der Waals surface area contributed by atoms with E-state index in [1.807, 2.05) is 13.8 Å². The Morgan fingerprint density at radius 2 is 2.32 bits per heavy atom. The van der Waals surface area contributed by atoms with Gasteiger partial charge in [0.25, 0.3) is 5.91 Å². The number of halogens is 1. The second-order valence-electron chi connectivity index (χ2n) is 4.59. The zero-order valence-electron chi connectivity index (χ0n) is 10.8. The monoisotopic (exact) mass is 329 g/mol. The molecule has 0 saturated heterocycles. The van der Waals surface area contributed by atoms with Gasteiger partial charge in [-0.3, -0.25) is 9.63 Å². The molecule has 1 aliphatic rings. The van der Waals surface area contributed by atoms with Crippen LogP contribution in [0.4, 0.5) is 0 Å². The molecule has 104 valence electrons. The first-order valence-electron chi connectivity index (χ1n) is 6.10. The number of hydrogen-bond acceptors (Lipinski definition) is 4. The minimum absolute atomic E-state index is 0.114. The smallest absolute Gasteiger partial charge is 0.275 e. The largest absolute Gasteiger partial charge is 0.492 e. The minimum Gasteiger partial charge on any atom is -0.492 e. The molecule has 5 nitrogen and oxygen atoms in total. The second-order valence-corrected chi connectivity index (χ2v) is 5.44. The SMILES string of the molecule is CC(C)ONC(=O)c1ccc(Br)c2c1[C@@H](O)CCO2. The third kappa shape index (κ3) is 3.08. The van der Waals surface area contributed by atoms with Crippen LogP contribution < -0.4 is 10.2 Å². The lowest BCUT2D eigenvalue weighted by molar-refractivity contribution is -0.000228. The number of hydroxylamine groups is 1. The highest BCUT2D eigenvalue weighted by atomic mass is 79.9. The van der Waals surface area contributed by atoms with Crippen molar-refractivity contribution in [2.45, 2.75) is 32.5 Å². The Morgan fingerprint density at radius 3 is 3.00 bits per heavy atom. The predicted molar refractivity (Wildman–Crippen MR) is 72.9 cm³/mol. The normalized spacial score (nSPS) is 17.8. The number of hydrogen-bond donors (Lipinski definition) is 2. The van der Waals surface area contributed by atoms with Crippen molar-refractivity contribution in [1.29, 1.82) is 0 Å². The van der Waals surface area contributed by atoms with Crippen molar-refractivity contribution < 1.29 is 19.5 Å². The fraction of sp³-hybridized carbons (Fsp3) is 0.462. The second kappa shape index (κ2) is 5.90. The van der Waals surface area contributed by atoms with Gasteiger partial charge in [-0.25, -0.2) is 5.48 Å². The van der Waals surface area contributed by atoms with E-state index < -0.39 is 6.10 Å². The van der Waals surface area contributed by atoms with E-state index in [-0.39, 0.29) is 12.0 Å². The molecule has 0 unspecified atom stereocenters. The fourth-order valence-electron chi connectivity index (χ4n) is 1.89. The Bertz CT molecular complexity index is 490. The highest BCUT2D eigenvalue weighted by Gasteiger charge is 2.27. The number of aliphatic hydroxyl groups excluding tert-OH is 1. The lowest BCUT2D eigenvalue weighted by atomic mass is 9.97. The van der Waals surface area contributed by atoms with E-state index in [0.29, 0.717) is 29.9 Å². The summed E-state index contributed by atoms with van der Waals surface area (Å²) in [5.41, 5.74) is 3.24. The number of carbonyl (C=O) groups excluding carboxylic acids is 1. The van der Waals surface area contributed by atoms with Gasteiger partial charge in [-0.1, -0.05) is 0 Å². The van der Waals surface area contributed by atoms with Crippen LogP contribution in [0, 0.1) is 0 Å². The standard InChI is InChI=1S/C13H16BrNO4/c1-7(2)19-15-13(17)8-3-4-9(14)12-11(8)10(16)5-6-18-12/h3-4,7,10,16H,5-6H2,1-2H3,(H,15,17)/t10-/m0/s1. The van der Waals surface area contributed by atoms with Gasteiger partial charge in [-0.2, -0.15) is 0 Å². The molecular weight excluding hydrogens is 314 g/mol. The molecule has 0 fully saturated rings. The summed E-state index contributed by atoms with van der Waals surface area (Å²) in [6.07, 6.45) is -0.355. The van der Waals surface area contributed by atoms with E-state index in [0.717, 1.165) is 4.47 Å². The van der Waals surface area contributed by atoms with E-state index >= 15 is 0 Å². The minimum atomic E-state index is -0.707. The number of carbonyl (C=O) groups is 1. The molecule has 1 heterocycles. The number of aliphatic hydroxyl groups is 1. The lowest BCUT2D eigenvalue weighted by Gasteiger charge is -2.25. The van der Waals surface area contributed by atoms with Gasteiger partial charge in [-0.15, -0.1) is 0 Å². The molecule has 1 aromatic rings. The summed E-state index contributed by atoms with van der Waals surface area (Å²) in [5.74, 6) is 0.137. The summed E-state index contributed by atoms with van der Waals surface area (Å²) in [4.78, 5) is 17.1. The van der Waals surface area contributed by atoms with Crippen LogP contribution in [0.2, 0.25) is 0 Å². The predicted octanol–water partition coefficient (Wildman–Crippen LogP) is 2.33. The van der Waals surface area contributed by atoms with Gasteiger partial charge in [0.05, 0.1) is 28.9 Å². The quantitative estimate of drug-likeness (QED) is 0.835. The Balaban J connectivity index is 2.33. The number of nitrogens with one attached hydrogen (secondary N) is 1. The molecule has 1 amide bonds. The highest BCUT2D eigenvalue weighted by Crippen LogP contribution is 2.40. The van der Waals surface area contributed by atoms with E-state index in [9.17, 15) is 9.90 Å². The Hall–Kier alpha value is -1.11. The number of benzene rings is 1. The van der Waals surface area contributed by atoms with Crippen LogP contribution in [0.1, 0.15) is 42.3 Å². The van der Waals surface area contributed by atoms with E-state index in [1.54, 1.807) is 12.1 Å². The first-order valence-corrected chi connectivity index (χ1v) is 6.89. The van der Waals surface area contributed by atoms with E-state index in [1.165, 1.54) is 0 Å². The number of ether oxygens (including phenoxy) is 1. The molecule has 0 spiro atoms. The van der Waals surface area contributed by atoms with Crippen LogP contribution in [-0.2, 0) is 4.84 Å². The van der Waals surface area contributed by atoms with Gasteiger partial charge in [-0.05, 0) is 41.9 Å². The van der Waals surface area contributed by atoms with Gasteiger partial charge in [0.15, 0.2) is 0 Å². The summed E-state index contributed by atoms with van der Waals surface area (Å²) in [6.45, 7) is 4.06. The number of amides is 1. The third-order valence-electron chi connectivity index (χ3n) is 2.75. The molecule has 19 heavy (non-hydrogen) atoms. The van der Waals surface area contributed by atoms with Crippen molar-refractivity contribution in [1.82, 2.24) is 5.48 Å². The van der Waals surface area contributed by atoms with Crippen molar-refractivity contribution in [3.63, 3.8) is 0 Å². The van der Waals surface area contributed by atoms with Crippen molar-refractivity contribution in [3.05, 3.63) is 27.7 Å². The van der Waals surface area contributed by atoms with Crippen molar-refractivity contribution in [3.8, 4) is 5.75 Å². The summed E-state index contributed by atoms with van der Waals surface area (Å²) < 4.78 is 6.24. The van der Waals surface area contributed by atoms with E-state index in [2.05, 4.69) is 21.4 Å². The summed E-state index contributed by atoms with van der Waals surface area (Å²) >= 11 is 3.36. The van der Waals surface area contributed by atoms with Gasteiger partial charge in [0.1, 0.15) is 5.75 Å². The first-order chi connectivity index (χ1) is 9.00. The summed E-state index contributed by atoms with van der Waals surface area (Å²) in [5, 5.41) is 10.1. The van der Waals surface area contributed by atoms with Crippen molar-refractivity contribution >= 4 is 21.8 Å². The molecule has 6 heteroatoms. The number of fused-ring (bicyclic) bond motifs is 1. The Kier molecular flexibility index (Phi) is 4.44. The molecule has 1 aromatic carbocycles. The van der Waals surface area contributed by atoms with Crippen LogP contribution in [0.5, 0.6) is 5.75 Å². The molecule has 2 N–H and O–H groups in total. The zero-order chi connectivity index (χ0) is 14.0. The third-order valence-corrected chi connectivity index (χ3v) is 3.38. The van der Waals surface area contributed by atoms with E-state index in [4.69, 9.17) is 9.57 Å². The maximum atomic E-state index is 12.1. The zero-order valence-corrected chi connectivity index (χ0v) is 12.4. The van der Waals surface area contributed by atoms with Crippen LogP contribution in [0.3, 0.4) is 0 Å². The molecule has 1 aliphatic heterocycles. The van der Waals surface area contributed by atoms with Gasteiger partial charge >= 0.3 is 0 Å². The maximum Gasteiger partial charge on any atom is 0.275 e.